The molecule has 0 aromatic carbocycles. The zero-order valence-corrected chi connectivity index (χ0v) is 12.5. The van der Waals surface area contributed by atoms with E-state index in [1.54, 1.807) is 0 Å². The second kappa shape index (κ2) is 5.77. The molecule has 0 aromatic heterocycles. The van der Waals surface area contributed by atoms with Crippen LogP contribution in [0.25, 0.3) is 0 Å². The van der Waals surface area contributed by atoms with Gasteiger partial charge in [-0.1, -0.05) is 0 Å². The normalized spacial score (nSPS) is 27.7. The van der Waals surface area contributed by atoms with Gasteiger partial charge in [0, 0.05) is 19.6 Å². The molecular formula is C14H28N4O. The first kappa shape index (κ1) is 14.8. The van der Waals surface area contributed by atoms with Gasteiger partial charge in [0.2, 0.25) is 5.91 Å². The molecule has 2 unspecified atom stereocenters. The summed E-state index contributed by atoms with van der Waals surface area (Å²) in [6.07, 6.45) is 3.49. The summed E-state index contributed by atoms with van der Waals surface area (Å²) >= 11 is 0. The van der Waals surface area contributed by atoms with E-state index < -0.39 is 5.54 Å². The maximum atomic E-state index is 11.9. The SMILES string of the molecule is CNC(CN(C)CC1CCN(C)C1)(C(N)=O)C1CC1. The van der Waals surface area contributed by atoms with E-state index in [2.05, 4.69) is 29.2 Å². The van der Waals surface area contributed by atoms with Gasteiger partial charge in [-0.15, -0.1) is 0 Å². The van der Waals surface area contributed by atoms with Crippen LogP contribution < -0.4 is 11.1 Å². The van der Waals surface area contributed by atoms with Crippen LogP contribution in [0.4, 0.5) is 0 Å². The average molecular weight is 268 g/mol. The van der Waals surface area contributed by atoms with Gasteiger partial charge in [-0.2, -0.15) is 0 Å². The Labute approximate surface area is 116 Å². The van der Waals surface area contributed by atoms with E-state index in [0.717, 1.165) is 38.4 Å². The first-order valence-corrected chi connectivity index (χ1v) is 7.34. The van der Waals surface area contributed by atoms with Crippen molar-refractivity contribution in [2.24, 2.45) is 17.6 Å². The highest BCUT2D eigenvalue weighted by Crippen LogP contribution is 2.40. The van der Waals surface area contributed by atoms with Crippen molar-refractivity contribution in [3.63, 3.8) is 0 Å². The third kappa shape index (κ3) is 3.27. The van der Waals surface area contributed by atoms with Crippen LogP contribution in [0, 0.1) is 11.8 Å². The summed E-state index contributed by atoms with van der Waals surface area (Å²) in [6.45, 7) is 4.13. The van der Waals surface area contributed by atoms with Crippen molar-refractivity contribution in [2.45, 2.75) is 24.8 Å². The molecule has 2 fully saturated rings. The third-order valence-corrected chi connectivity index (χ3v) is 4.74. The van der Waals surface area contributed by atoms with Gasteiger partial charge in [-0.25, -0.2) is 0 Å². The summed E-state index contributed by atoms with van der Waals surface area (Å²) in [5.41, 5.74) is 5.14. The highest BCUT2D eigenvalue weighted by molar-refractivity contribution is 5.85. The molecule has 0 aromatic rings. The van der Waals surface area contributed by atoms with Gasteiger partial charge in [-0.3, -0.25) is 4.79 Å². The zero-order valence-electron chi connectivity index (χ0n) is 12.5. The Bertz CT molecular complexity index is 331. The van der Waals surface area contributed by atoms with Crippen LogP contribution in [0.15, 0.2) is 0 Å². The average Bonchev–Trinajstić information content (AvgIpc) is 3.11. The van der Waals surface area contributed by atoms with E-state index in [9.17, 15) is 4.79 Å². The molecule has 0 bridgehead atoms. The number of nitrogens with zero attached hydrogens (tertiary/aromatic N) is 2. The van der Waals surface area contributed by atoms with Crippen molar-refractivity contribution in [1.82, 2.24) is 15.1 Å². The topological polar surface area (TPSA) is 61.6 Å². The maximum Gasteiger partial charge on any atom is 0.239 e. The van der Waals surface area contributed by atoms with Gasteiger partial charge in [0.15, 0.2) is 0 Å². The van der Waals surface area contributed by atoms with Gasteiger partial charge in [0.05, 0.1) is 0 Å². The van der Waals surface area contributed by atoms with E-state index >= 15 is 0 Å². The molecule has 1 saturated heterocycles. The monoisotopic (exact) mass is 268 g/mol. The van der Waals surface area contributed by atoms with Crippen molar-refractivity contribution in [3.05, 3.63) is 0 Å². The first-order valence-electron chi connectivity index (χ1n) is 7.34. The predicted molar refractivity (Wildman–Crippen MR) is 76.8 cm³/mol. The zero-order chi connectivity index (χ0) is 14.0. The van der Waals surface area contributed by atoms with Crippen molar-refractivity contribution < 1.29 is 4.79 Å². The Balaban J connectivity index is 1.91. The molecule has 110 valence electrons. The van der Waals surface area contributed by atoms with E-state index in [0.29, 0.717) is 5.92 Å². The number of amides is 1. The van der Waals surface area contributed by atoms with Crippen LogP contribution in [-0.4, -0.2) is 68.6 Å². The summed E-state index contributed by atoms with van der Waals surface area (Å²) in [5.74, 6) is 0.938. The fraction of sp³-hybridized carbons (Fsp3) is 0.929. The quantitative estimate of drug-likeness (QED) is 0.667. The molecule has 1 aliphatic heterocycles. The summed E-state index contributed by atoms with van der Waals surface area (Å²) in [6, 6.07) is 0. The van der Waals surface area contributed by atoms with Crippen LogP contribution in [0.3, 0.4) is 0 Å². The Hall–Kier alpha value is -0.650. The number of carbonyl (C=O) groups is 1. The number of hydrogen-bond donors (Lipinski definition) is 2. The minimum absolute atomic E-state index is 0.201. The molecule has 0 spiro atoms. The van der Waals surface area contributed by atoms with Crippen LogP contribution in [0.1, 0.15) is 19.3 Å². The Morgan fingerprint density at radius 2 is 2.16 bits per heavy atom. The van der Waals surface area contributed by atoms with Crippen LogP contribution >= 0.6 is 0 Å². The molecule has 2 atom stereocenters. The molecule has 19 heavy (non-hydrogen) atoms. The molecule has 1 heterocycles. The van der Waals surface area contributed by atoms with Crippen LogP contribution in [-0.2, 0) is 4.79 Å². The number of nitrogens with two attached hydrogens (primary N) is 1. The lowest BCUT2D eigenvalue weighted by atomic mass is 9.91. The highest BCUT2D eigenvalue weighted by atomic mass is 16.1. The fourth-order valence-electron chi connectivity index (χ4n) is 3.50. The number of hydrogen-bond acceptors (Lipinski definition) is 4. The second-order valence-electron chi connectivity index (χ2n) is 6.47. The summed E-state index contributed by atoms with van der Waals surface area (Å²) in [4.78, 5) is 16.5. The second-order valence-corrected chi connectivity index (χ2v) is 6.47. The molecule has 1 saturated carbocycles. The summed E-state index contributed by atoms with van der Waals surface area (Å²) in [5, 5.41) is 3.21. The standard InChI is InChI=1S/C14H28N4O/c1-16-14(13(15)19,12-4-5-12)10-18(3)9-11-6-7-17(2)8-11/h11-12,16H,4-10H2,1-3H3,(H2,15,19). The molecular weight excluding hydrogens is 240 g/mol. The summed E-state index contributed by atoms with van der Waals surface area (Å²) < 4.78 is 0. The first-order chi connectivity index (χ1) is 8.98. The number of nitrogens with one attached hydrogen (secondary N) is 1. The number of primary amides is 1. The van der Waals surface area contributed by atoms with E-state index in [4.69, 9.17) is 5.73 Å². The van der Waals surface area contributed by atoms with E-state index in [1.165, 1.54) is 13.0 Å². The number of carbonyl (C=O) groups excluding carboxylic acids is 1. The molecule has 5 heteroatoms. The molecule has 3 N–H and O–H groups in total. The van der Waals surface area contributed by atoms with Crippen molar-refractivity contribution in [3.8, 4) is 0 Å². The highest BCUT2D eigenvalue weighted by Gasteiger charge is 2.49. The predicted octanol–water partition coefficient (Wildman–Crippen LogP) is -0.277. The lowest BCUT2D eigenvalue weighted by Crippen LogP contribution is -2.62. The Kier molecular flexibility index (Phi) is 4.48. The van der Waals surface area contributed by atoms with Crippen LogP contribution in [0.5, 0.6) is 0 Å². The van der Waals surface area contributed by atoms with Crippen molar-refractivity contribution in [2.75, 3.05) is 47.3 Å². The minimum atomic E-state index is -0.529. The van der Waals surface area contributed by atoms with Gasteiger partial charge in [0.25, 0.3) is 0 Å². The van der Waals surface area contributed by atoms with Gasteiger partial charge < -0.3 is 20.9 Å². The fourth-order valence-corrected chi connectivity index (χ4v) is 3.50. The molecule has 0 radical (unpaired) electrons. The van der Waals surface area contributed by atoms with Crippen molar-refractivity contribution in [1.29, 1.82) is 0 Å². The number of rotatable bonds is 7. The lowest BCUT2D eigenvalue weighted by Gasteiger charge is -2.35. The number of likely N-dealkylation sites (tertiary alicyclic amines) is 1. The van der Waals surface area contributed by atoms with E-state index in [1.807, 2.05) is 7.05 Å². The molecule has 1 aliphatic carbocycles. The summed E-state index contributed by atoms with van der Waals surface area (Å²) in [7, 11) is 6.14. The van der Waals surface area contributed by atoms with Gasteiger partial charge in [0.1, 0.15) is 5.54 Å². The Morgan fingerprint density at radius 1 is 1.47 bits per heavy atom. The maximum absolute atomic E-state index is 11.9. The van der Waals surface area contributed by atoms with Gasteiger partial charge >= 0.3 is 0 Å². The third-order valence-electron chi connectivity index (χ3n) is 4.74. The molecule has 2 aliphatic rings. The Morgan fingerprint density at radius 3 is 2.58 bits per heavy atom. The molecule has 2 rings (SSSR count). The molecule has 5 nitrogen and oxygen atoms in total. The number of likely N-dealkylation sites (N-methyl/N-ethyl adjacent to an activating group) is 2. The smallest absolute Gasteiger partial charge is 0.239 e. The largest absolute Gasteiger partial charge is 0.368 e. The van der Waals surface area contributed by atoms with E-state index in [-0.39, 0.29) is 5.91 Å². The lowest BCUT2D eigenvalue weighted by molar-refractivity contribution is -0.126. The van der Waals surface area contributed by atoms with Crippen LogP contribution in [0.2, 0.25) is 0 Å². The van der Waals surface area contributed by atoms with Crippen molar-refractivity contribution >= 4 is 5.91 Å². The van der Waals surface area contributed by atoms with Gasteiger partial charge in [-0.05, 0) is 58.8 Å². The minimum Gasteiger partial charge on any atom is -0.368 e. The molecule has 1 amide bonds.